The molecule has 0 saturated carbocycles. The van der Waals surface area contributed by atoms with Gasteiger partial charge in [-0.1, -0.05) is 51.3 Å². The number of rotatable bonds is 9. The van der Waals surface area contributed by atoms with Crippen molar-refractivity contribution >= 4 is 11.6 Å². The van der Waals surface area contributed by atoms with Crippen LogP contribution in [0.25, 0.3) is 0 Å². The standard InChI is InChI=1S/C17H28N2O/c1-4-6-10-15(5-2)13-18-14(3)17(20)19-16-11-8-7-9-12-16/h7-9,11-12,14-15,18H,4-6,10,13H2,1-3H3,(H,19,20). The highest BCUT2D eigenvalue weighted by Gasteiger charge is 2.14. The molecule has 3 nitrogen and oxygen atoms in total. The number of anilines is 1. The third kappa shape index (κ3) is 6.20. The van der Waals surface area contributed by atoms with Crippen LogP contribution in [-0.2, 0) is 4.79 Å². The summed E-state index contributed by atoms with van der Waals surface area (Å²) in [6.07, 6.45) is 4.92. The lowest BCUT2D eigenvalue weighted by Crippen LogP contribution is -2.40. The minimum Gasteiger partial charge on any atom is -0.325 e. The van der Waals surface area contributed by atoms with E-state index in [9.17, 15) is 4.79 Å². The lowest BCUT2D eigenvalue weighted by Gasteiger charge is -2.19. The van der Waals surface area contributed by atoms with Crippen molar-refractivity contribution in [2.75, 3.05) is 11.9 Å². The van der Waals surface area contributed by atoms with Crippen LogP contribution in [0.5, 0.6) is 0 Å². The van der Waals surface area contributed by atoms with E-state index < -0.39 is 0 Å². The zero-order valence-corrected chi connectivity index (χ0v) is 13.0. The van der Waals surface area contributed by atoms with E-state index in [-0.39, 0.29) is 11.9 Å². The normalized spacial score (nSPS) is 13.8. The molecule has 0 aliphatic rings. The van der Waals surface area contributed by atoms with Gasteiger partial charge in [0.2, 0.25) is 5.91 Å². The zero-order chi connectivity index (χ0) is 14.8. The topological polar surface area (TPSA) is 41.1 Å². The largest absolute Gasteiger partial charge is 0.325 e. The Bertz CT molecular complexity index is 378. The van der Waals surface area contributed by atoms with Gasteiger partial charge < -0.3 is 10.6 Å². The second-order valence-electron chi connectivity index (χ2n) is 5.40. The predicted molar refractivity (Wildman–Crippen MR) is 85.8 cm³/mol. The molecule has 0 aliphatic heterocycles. The highest BCUT2D eigenvalue weighted by Crippen LogP contribution is 2.12. The Morgan fingerprint density at radius 1 is 1.20 bits per heavy atom. The van der Waals surface area contributed by atoms with Crippen molar-refractivity contribution in [1.82, 2.24) is 5.32 Å². The molecule has 20 heavy (non-hydrogen) atoms. The SMILES string of the molecule is CCCCC(CC)CNC(C)C(=O)Nc1ccccc1. The van der Waals surface area contributed by atoms with Gasteiger partial charge in [0, 0.05) is 5.69 Å². The number of benzene rings is 1. The Morgan fingerprint density at radius 3 is 2.50 bits per heavy atom. The molecule has 1 amide bonds. The molecule has 2 N–H and O–H groups in total. The van der Waals surface area contributed by atoms with E-state index in [1.54, 1.807) is 0 Å². The van der Waals surface area contributed by atoms with Crippen molar-refractivity contribution in [2.45, 2.75) is 52.5 Å². The maximum absolute atomic E-state index is 12.1. The Kier molecular flexibility index (Phi) is 7.97. The number of para-hydroxylation sites is 1. The number of amides is 1. The average molecular weight is 276 g/mol. The molecule has 2 unspecified atom stereocenters. The number of carbonyl (C=O) groups excluding carboxylic acids is 1. The highest BCUT2D eigenvalue weighted by molar-refractivity contribution is 5.94. The first-order valence-electron chi connectivity index (χ1n) is 7.76. The van der Waals surface area contributed by atoms with E-state index in [1.165, 1.54) is 25.7 Å². The summed E-state index contributed by atoms with van der Waals surface area (Å²) in [4.78, 5) is 12.1. The van der Waals surface area contributed by atoms with Crippen molar-refractivity contribution in [3.05, 3.63) is 30.3 Å². The van der Waals surface area contributed by atoms with Crippen LogP contribution in [0.1, 0.15) is 46.5 Å². The summed E-state index contributed by atoms with van der Waals surface area (Å²) in [6, 6.07) is 9.43. The quantitative estimate of drug-likeness (QED) is 0.720. The molecule has 0 bridgehead atoms. The number of unbranched alkanes of at least 4 members (excludes halogenated alkanes) is 1. The number of carbonyl (C=O) groups is 1. The van der Waals surface area contributed by atoms with Crippen LogP contribution in [0, 0.1) is 5.92 Å². The van der Waals surface area contributed by atoms with E-state index in [0.29, 0.717) is 5.92 Å². The molecule has 0 saturated heterocycles. The van der Waals surface area contributed by atoms with Gasteiger partial charge in [0.05, 0.1) is 6.04 Å². The number of hydrogen-bond donors (Lipinski definition) is 2. The van der Waals surface area contributed by atoms with Crippen LogP contribution in [-0.4, -0.2) is 18.5 Å². The van der Waals surface area contributed by atoms with Crippen molar-refractivity contribution in [2.24, 2.45) is 5.92 Å². The molecule has 0 aliphatic carbocycles. The molecule has 0 aromatic heterocycles. The van der Waals surface area contributed by atoms with Crippen molar-refractivity contribution < 1.29 is 4.79 Å². The van der Waals surface area contributed by atoms with Gasteiger partial charge >= 0.3 is 0 Å². The monoisotopic (exact) mass is 276 g/mol. The van der Waals surface area contributed by atoms with E-state index >= 15 is 0 Å². The Balaban J connectivity index is 2.34. The summed E-state index contributed by atoms with van der Waals surface area (Å²) in [7, 11) is 0. The van der Waals surface area contributed by atoms with Crippen molar-refractivity contribution in [3.8, 4) is 0 Å². The Labute approximate surface area is 123 Å². The third-order valence-electron chi connectivity index (χ3n) is 3.69. The van der Waals surface area contributed by atoms with Gasteiger partial charge in [0.15, 0.2) is 0 Å². The molecule has 0 heterocycles. The molecule has 1 rings (SSSR count). The first-order valence-corrected chi connectivity index (χ1v) is 7.76. The van der Waals surface area contributed by atoms with Gasteiger partial charge in [0.1, 0.15) is 0 Å². The molecular formula is C17H28N2O. The molecule has 0 radical (unpaired) electrons. The van der Waals surface area contributed by atoms with Crippen LogP contribution in [0.2, 0.25) is 0 Å². The predicted octanol–water partition coefficient (Wildman–Crippen LogP) is 3.82. The first kappa shape index (κ1) is 16.7. The molecule has 2 atom stereocenters. The lowest BCUT2D eigenvalue weighted by molar-refractivity contribution is -0.117. The van der Waals surface area contributed by atoms with Gasteiger partial charge in [-0.2, -0.15) is 0 Å². The van der Waals surface area contributed by atoms with Crippen LogP contribution in [0.15, 0.2) is 30.3 Å². The zero-order valence-electron chi connectivity index (χ0n) is 13.0. The van der Waals surface area contributed by atoms with Crippen LogP contribution >= 0.6 is 0 Å². The Morgan fingerprint density at radius 2 is 1.90 bits per heavy atom. The fraction of sp³-hybridized carbons (Fsp3) is 0.588. The molecular weight excluding hydrogens is 248 g/mol. The van der Waals surface area contributed by atoms with Gasteiger partial charge in [0.25, 0.3) is 0 Å². The Hall–Kier alpha value is -1.35. The lowest BCUT2D eigenvalue weighted by atomic mass is 9.99. The minimum atomic E-state index is -0.161. The third-order valence-corrected chi connectivity index (χ3v) is 3.69. The van der Waals surface area contributed by atoms with E-state index in [2.05, 4.69) is 24.5 Å². The van der Waals surface area contributed by atoms with Gasteiger partial charge in [-0.25, -0.2) is 0 Å². The first-order chi connectivity index (χ1) is 9.67. The van der Waals surface area contributed by atoms with Gasteiger partial charge in [-0.3, -0.25) is 4.79 Å². The molecule has 0 fully saturated rings. The molecule has 3 heteroatoms. The summed E-state index contributed by atoms with van der Waals surface area (Å²) in [5, 5.41) is 6.28. The van der Waals surface area contributed by atoms with Gasteiger partial charge in [-0.15, -0.1) is 0 Å². The smallest absolute Gasteiger partial charge is 0.241 e. The van der Waals surface area contributed by atoms with Crippen LogP contribution in [0.4, 0.5) is 5.69 Å². The molecule has 1 aromatic rings. The minimum absolute atomic E-state index is 0.0292. The summed E-state index contributed by atoms with van der Waals surface area (Å²) < 4.78 is 0. The highest BCUT2D eigenvalue weighted by atomic mass is 16.2. The van der Waals surface area contributed by atoms with Crippen molar-refractivity contribution in [3.63, 3.8) is 0 Å². The van der Waals surface area contributed by atoms with Crippen molar-refractivity contribution in [1.29, 1.82) is 0 Å². The summed E-state index contributed by atoms with van der Waals surface area (Å²) in [6.45, 7) is 7.28. The van der Waals surface area contributed by atoms with Crippen LogP contribution in [0.3, 0.4) is 0 Å². The fourth-order valence-corrected chi connectivity index (χ4v) is 2.15. The summed E-state index contributed by atoms with van der Waals surface area (Å²) in [5.41, 5.74) is 0.851. The van der Waals surface area contributed by atoms with E-state index in [4.69, 9.17) is 0 Å². The maximum atomic E-state index is 12.1. The number of hydrogen-bond acceptors (Lipinski definition) is 2. The van der Waals surface area contributed by atoms with Gasteiger partial charge in [-0.05, 0) is 37.9 Å². The molecule has 1 aromatic carbocycles. The number of nitrogens with one attached hydrogen (secondary N) is 2. The average Bonchev–Trinajstić information content (AvgIpc) is 2.48. The van der Waals surface area contributed by atoms with E-state index in [0.717, 1.165) is 12.2 Å². The summed E-state index contributed by atoms with van der Waals surface area (Å²) >= 11 is 0. The van der Waals surface area contributed by atoms with E-state index in [1.807, 2.05) is 37.3 Å². The second kappa shape index (κ2) is 9.54. The summed E-state index contributed by atoms with van der Waals surface area (Å²) in [5.74, 6) is 0.698. The second-order valence-corrected chi connectivity index (χ2v) is 5.40. The fourth-order valence-electron chi connectivity index (χ4n) is 2.15. The molecule has 0 spiro atoms. The van der Waals surface area contributed by atoms with Crippen LogP contribution < -0.4 is 10.6 Å². The maximum Gasteiger partial charge on any atom is 0.241 e. The molecule has 112 valence electrons.